The Kier molecular flexibility index (Phi) is 5.11. The molecule has 0 unspecified atom stereocenters. The highest BCUT2D eigenvalue weighted by atomic mass is 32.2. The summed E-state index contributed by atoms with van der Waals surface area (Å²) in [5.74, 6) is 0.926. The predicted molar refractivity (Wildman–Crippen MR) is 103 cm³/mol. The van der Waals surface area contributed by atoms with Gasteiger partial charge in [-0.15, -0.1) is 10.2 Å². The molecule has 0 spiro atoms. The van der Waals surface area contributed by atoms with Gasteiger partial charge in [-0.3, -0.25) is 9.29 Å². The number of aliphatic hydroxyl groups excluding tert-OH is 1. The molecule has 0 amide bonds. The van der Waals surface area contributed by atoms with Crippen LogP contribution in [0.15, 0.2) is 30.7 Å². The minimum absolute atomic E-state index is 0.00387. The van der Waals surface area contributed by atoms with Crippen molar-refractivity contribution < 1.29 is 18.3 Å². The summed E-state index contributed by atoms with van der Waals surface area (Å²) >= 11 is 0. The third kappa shape index (κ3) is 4.03. The molecule has 0 fully saturated rings. The summed E-state index contributed by atoms with van der Waals surface area (Å²) in [6.45, 7) is 1.66. The molecule has 29 heavy (non-hydrogen) atoms. The van der Waals surface area contributed by atoms with E-state index in [0.29, 0.717) is 23.1 Å². The minimum Gasteiger partial charge on any atom is -0.475 e. The number of aliphatic hydroxyl groups is 1. The number of hydrogen-bond acceptors (Lipinski definition) is 9. The number of nitrogens with one attached hydrogen (secondary N) is 1. The maximum atomic E-state index is 12.6. The fraction of sp³-hybridized carbons (Fsp3) is 0.353. The van der Waals surface area contributed by atoms with Crippen molar-refractivity contribution in [1.82, 2.24) is 29.7 Å². The fourth-order valence-corrected chi connectivity index (χ4v) is 3.89. The van der Waals surface area contributed by atoms with Gasteiger partial charge in [0.15, 0.2) is 5.82 Å². The second-order valence-electron chi connectivity index (χ2n) is 6.57. The van der Waals surface area contributed by atoms with E-state index in [9.17, 15) is 13.5 Å². The van der Waals surface area contributed by atoms with Crippen molar-refractivity contribution in [3.8, 4) is 17.3 Å². The molecule has 0 radical (unpaired) electrons. The van der Waals surface area contributed by atoms with E-state index in [1.165, 1.54) is 4.57 Å². The highest BCUT2D eigenvalue weighted by Gasteiger charge is 2.29. The van der Waals surface area contributed by atoms with Crippen LogP contribution in [0.3, 0.4) is 0 Å². The van der Waals surface area contributed by atoms with Crippen molar-refractivity contribution >= 4 is 16.0 Å². The quantitative estimate of drug-likeness (QED) is 0.580. The highest BCUT2D eigenvalue weighted by Crippen LogP contribution is 2.34. The number of aromatic nitrogens is 6. The smallest absolute Gasteiger partial charge is 0.239 e. The van der Waals surface area contributed by atoms with E-state index in [-0.39, 0.29) is 31.3 Å². The van der Waals surface area contributed by atoms with Crippen LogP contribution in [0.4, 0.5) is 5.95 Å². The molecule has 152 valence electrons. The first-order chi connectivity index (χ1) is 14.0. The summed E-state index contributed by atoms with van der Waals surface area (Å²) in [4.78, 5) is 12.4. The lowest BCUT2D eigenvalue weighted by atomic mass is 10.2. The van der Waals surface area contributed by atoms with Crippen LogP contribution in [-0.2, 0) is 16.4 Å². The highest BCUT2D eigenvalue weighted by molar-refractivity contribution is 7.92. The molecule has 0 saturated carbocycles. The van der Waals surface area contributed by atoms with Gasteiger partial charge in [-0.25, -0.2) is 23.4 Å². The van der Waals surface area contributed by atoms with Crippen LogP contribution in [0.1, 0.15) is 17.4 Å². The maximum Gasteiger partial charge on any atom is 0.239 e. The lowest BCUT2D eigenvalue weighted by Gasteiger charge is -2.17. The Morgan fingerprint density at radius 2 is 2.07 bits per heavy atom. The first-order valence-corrected chi connectivity index (χ1v) is 10.5. The molecule has 0 aromatic carbocycles. The summed E-state index contributed by atoms with van der Waals surface area (Å²) in [5, 5.41) is 17.9. The van der Waals surface area contributed by atoms with Crippen LogP contribution in [0.5, 0.6) is 5.88 Å². The van der Waals surface area contributed by atoms with Crippen LogP contribution >= 0.6 is 0 Å². The Morgan fingerprint density at radius 3 is 2.83 bits per heavy atom. The van der Waals surface area contributed by atoms with Crippen molar-refractivity contribution in [2.75, 3.05) is 23.7 Å². The Balaban J connectivity index is 1.60. The number of rotatable bonds is 6. The van der Waals surface area contributed by atoms with Crippen molar-refractivity contribution in [2.24, 2.45) is 0 Å². The van der Waals surface area contributed by atoms with E-state index in [1.54, 1.807) is 30.7 Å². The minimum atomic E-state index is -3.76. The van der Waals surface area contributed by atoms with Crippen LogP contribution in [-0.4, -0.2) is 62.2 Å². The molecule has 1 atom stereocenters. The first kappa shape index (κ1) is 19.2. The normalized spacial score (nSPS) is 15.7. The number of aryl methyl sites for hydroxylation is 2. The van der Waals surface area contributed by atoms with Crippen LogP contribution in [0, 0.1) is 6.92 Å². The molecule has 2 N–H and O–H groups in total. The number of pyridine rings is 1. The third-order valence-electron chi connectivity index (χ3n) is 4.37. The van der Waals surface area contributed by atoms with Crippen LogP contribution in [0.25, 0.3) is 11.4 Å². The van der Waals surface area contributed by atoms with E-state index >= 15 is 0 Å². The second kappa shape index (κ2) is 7.72. The summed E-state index contributed by atoms with van der Waals surface area (Å²) in [7, 11) is -3.76. The molecule has 3 aromatic heterocycles. The van der Waals surface area contributed by atoms with Gasteiger partial charge in [0, 0.05) is 25.0 Å². The Morgan fingerprint density at radius 1 is 1.28 bits per heavy atom. The molecule has 3 aromatic rings. The standard InChI is InChI=1S/C17H19N7O4S/c1-11-7-19-14(20-8-11)4-6-29(26,27)23-17-22-21-15-13-3-2-5-18-16(13)28-10-12(9-25)24(15)17/h2-3,5,7-8,12,25H,4,6,9-10H2,1H3,(H,22,23)/t12-/m1/s1. The Bertz CT molecular complexity index is 1120. The predicted octanol–water partition coefficient (Wildman–Crippen LogP) is 0.349. The molecular formula is C17H19N7O4S. The number of anilines is 1. The monoisotopic (exact) mass is 417 g/mol. The van der Waals surface area contributed by atoms with E-state index in [4.69, 9.17) is 4.74 Å². The summed E-state index contributed by atoms with van der Waals surface area (Å²) in [5.41, 5.74) is 1.46. The van der Waals surface area contributed by atoms with E-state index in [1.807, 2.05) is 6.92 Å². The largest absolute Gasteiger partial charge is 0.475 e. The Labute approximate surface area is 166 Å². The van der Waals surface area contributed by atoms with Gasteiger partial charge in [-0.1, -0.05) is 0 Å². The van der Waals surface area contributed by atoms with Crippen molar-refractivity contribution in [3.05, 3.63) is 42.1 Å². The lowest BCUT2D eigenvalue weighted by Crippen LogP contribution is -2.25. The average molecular weight is 417 g/mol. The van der Waals surface area contributed by atoms with Crippen LogP contribution in [0.2, 0.25) is 0 Å². The van der Waals surface area contributed by atoms with Gasteiger partial charge in [0.2, 0.25) is 21.9 Å². The van der Waals surface area contributed by atoms with Crippen LogP contribution < -0.4 is 9.46 Å². The molecule has 12 heteroatoms. The molecule has 11 nitrogen and oxygen atoms in total. The Hall–Kier alpha value is -3.12. The zero-order valence-corrected chi connectivity index (χ0v) is 16.4. The molecule has 0 bridgehead atoms. The number of sulfonamides is 1. The molecular weight excluding hydrogens is 398 g/mol. The number of nitrogens with zero attached hydrogens (tertiary/aromatic N) is 6. The van der Waals surface area contributed by atoms with E-state index < -0.39 is 16.1 Å². The van der Waals surface area contributed by atoms with E-state index in [2.05, 4.69) is 29.9 Å². The molecule has 1 aliphatic rings. The fourth-order valence-electron chi connectivity index (χ4n) is 2.91. The summed E-state index contributed by atoms with van der Waals surface area (Å²) < 4.78 is 34.8. The summed E-state index contributed by atoms with van der Waals surface area (Å²) in [6.07, 6.45) is 5.00. The third-order valence-corrected chi connectivity index (χ3v) is 5.61. The van der Waals surface area contributed by atoms with Gasteiger partial charge in [0.05, 0.1) is 24.0 Å². The molecule has 0 saturated heterocycles. The van der Waals surface area contributed by atoms with Crippen molar-refractivity contribution in [3.63, 3.8) is 0 Å². The summed E-state index contributed by atoms with van der Waals surface area (Å²) in [6, 6.07) is 2.88. The molecule has 1 aliphatic heterocycles. The first-order valence-electron chi connectivity index (χ1n) is 8.89. The van der Waals surface area contributed by atoms with Crippen molar-refractivity contribution in [2.45, 2.75) is 19.4 Å². The van der Waals surface area contributed by atoms with Gasteiger partial charge >= 0.3 is 0 Å². The average Bonchev–Trinajstić information content (AvgIpc) is 3.03. The zero-order valence-electron chi connectivity index (χ0n) is 15.6. The number of hydrogen-bond donors (Lipinski definition) is 2. The van der Waals surface area contributed by atoms with Gasteiger partial charge in [-0.05, 0) is 24.6 Å². The second-order valence-corrected chi connectivity index (χ2v) is 8.41. The molecule has 0 aliphatic carbocycles. The van der Waals surface area contributed by atoms with Gasteiger partial charge in [-0.2, -0.15) is 0 Å². The number of fused-ring (bicyclic) bond motifs is 3. The maximum absolute atomic E-state index is 12.6. The molecule has 4 rings (SSSR count). The lowest BCUT2D eigenvalue weighted by molar-refractivity contribution is 0.170. The molecule has 4 heterocycles. The zero-order chi connectivity index (χ0) is 20.4. The SMILES string of the molecule is Cc1cnc(CCS(=O)(=O)Nc2nnc3n2[C@H](CO)COc2ncccc2-3)nc1. The van der Waals surface area contributed by atoms with Gasteiger partial charge in [0.1, 0.15) is 12.4 Å². The van der Waals surface area contributed by atoms with E-state index in [0.717, 1.165) is 5.56 Å². The van der Waals surface area contributed by atoms with Gasteiger partial charge < -0.3 is 9.84 Å². The van der Waals surface area contributed by atoms with Crippen molar-refractivity contribution in [1.29, 1.82) is 0 Å². The number of ether oxygens (including phenoxy) is 1. The van der Waals surface area contributed by atoms with Gasteiger partial charge in [0.25, 0.3) is 0 Å². The topological polar surface area (TPSA) is 145 Å².